The molecule has 1 aliphatic heterocycles. The first kappa shape index (κ1) is 29.5. The second-order valence-corrected chi connectivity index (χ2v) is 10.3. The number of aromatic nitrogens is 3. The Balaban J connectivity index is 1.46. The van der Waals surface area contributed by atoms with Crippen LogP contribution in [0.2, 0.25) is 0 Å². The molecule has 10 nitrogen and oxygen atoms in total. The smallest absolute Gasteiger partial charge is 0.310 e. The highest BCUT2D eigenvalue weighted by Crippen LogP contribution is 2.32. The molecule has 2 aromatic heterocycles. The minimum absolute atomic E-state index is 0.128. The first-order chi connectivity index (χ1) is 19.3. The Morgan fingerprint density at radius 1 is 1.15 bits per heavy atom. The molecule has 0 spiro atoms. The molecule has 1 aromatic carbocycles. The maximum Gasteiger partial charge on any atom is 0.310 e. The summed E-state index contributed by atoms with van der Waals surface area (Å²) in [6.07, 6.45) is 0.815. The van der Waals surface area contributed by atoms with E-state index >= 15 is 0 Å². The minimum Gasteiger partial charge on any atom is -0.490 e. The average molecular weight is 552 g/mol. The van der Waals surface area contributed by atoms with Gasteiger partial charge in [0.05, 0.1) is 13.0 Å². The maximum atomic E-state index is 11.8. The molecule has 1 unspecified atom stereocenters. The van der Waals surface area contributed by atoms with Gasteiger partial charge in [0.25, 0.3) is 5.89 Å². The Hall–Kier alpha value is -3.50. The summed E-state index contributed by atoms with van der Waals surface area (Å²) < 4.78 is 16.6. The Morgan fingerprint density at radius 3 is 2.62 bits per heavy atom. The Labute approximate surface area is 236 Å². The largest absolute Gasteiger partial charge is 0.490 e. The fourth-order valence-electron chi connectivity index (χ4n) is 5.28. The molecule has 2 atom stereocenters. The fourth-order valence-corrected chi connectivity index (χ4v) is 5.28. The standard InChI is InChI=1S/C30H41N5O5/c1-7-21-14-23(28-32-29(40-33-28)24-13-20(5)31-26(15-24)35(8-2)9-3)12-19(4)27(21)39-18-25(36)17-34-11-10-22(16-34)30(37)38-6/h12-15,22,25,36H,7-11,16-18H2,1-6H3/t22?,25-/m0/s1. The highest BCUT2D eigenvalue weighted by molar-refractivity contribution is 5.72. The summed E-state index contributed by atoms with van der Waals surface area (Å²) in [5.41, 5.74) is 4.51. The molecule has 1 fully saturated rings. The summed E-state index contributed by atoms with van der Waals surface area (Å²) >= 11 is 0. The van der Waals surface area contributed by atoms with Crippen LogP contribution in [0.1, 0.15) is 44.0 Å². The van der Waals surface area contributed by atoms with Crippen molar-refractivity contribution in [2.24, 2.45) is 5.92 Å². The predicted octanol–water partition coefficient (Wildman–Crippen LogP) is 4.06. The van der Waals surface area contributed by atoms with Crippen LogP contribution in [0.4, 0.5) is 5.82 Å². The number of hydrogen-bond acceptors (Lipinski definition) is 10. The minimum atomic E-state index is -0.676. The maximum absolute atomic E-state index is 11.8. The lowest BCUT2D eigenvalue weighted by atomic mass is 10.0. The highest BCUT2D eigenvalue weighted by atomic mass is 16.5. The van der Waals surface area contributed by atoms with Crippen LogP contribution in [-0.2, 0) is 16.0 Å². The van der Waals surface area contributed by atoms with Gasteiger partial charge in [-0.05, 0) is 82.5 Å². The molecule has 0 radical (unpaired) electrons. The summed E-state index contributed by atoms with van der Waals surface area (Å²) in [6, 6.07) is 7.94. The molecule has 3 aromatic rings. The number of rotatable bonds is 12. The number of ether oxygens (including phenoxy) is 2. The third kappa shape index (κ3) is 6.79. The van der Waals surface area contributed by atoms with Gasteiger partial charge in [0.2, 0.25) is 5.82 Å². The molecule has 40 heavy (non-hydrogen) atoms. The number of aliphatic hydroxyl groups is 1. The number of nitrogens with zero attached hydrogens (tertiary/aromatic N) is 5. The second kappa shape index (κ2) is 13.2. The zero-order valence-electron chi connectivity index (χ0n) is 24.4. The SMILES string of the molecule is CCc1cc(-c2noc(-c3cc(C)nc(N(CC)CC)c3)n2)cc(C)c1OC[C@@H](O)CN1CCC(C(=O)OC)C1. The summed E-state index contributed by atoms with van der Waals surface area (Å²) in [5.74, 6) is 2.29. The van der Waals surface area contributed by atoms with Gasteiger partial charge in [0.1, 0.15) is 24.3 Å². The molecule has 0 saturated carbocycles. The van der Waals surface area contributed by atoms with Gasteiger partial charge in [0, 0.05) is 43.0 Å². The number of esters is 1. The highest BCUT2D eigenvalue weighted by Gasteiger charge is 2.30. The van der Waals surface area contributed by atoms with Gasteiger partial charge in [-0.25, -0.2) is 4.98 Å². The fraction of sp³-hybridized carbons (Fsp3) is 0.533. The van der Waals surface area contributed by atoms with Gasteiger partial charge >= 0.3 is 5.97 Å². The van der Waals surface area contributed by atoms with Crippen LogP contribution in [0.5, 0.6) is 5.75 Å². The number of pyridine rings is 1. The average Bonchev–Trinajstić information content (AvgIpc) is 3.62. The van der Waals surface area contributed by atoms with Crippen molar-refractivity contribution >= 4 is 11.8 Å². The lowest BCUT2D eigenvalue weighted by Gasteiger charge is -2.21. The molecule has 0 aliphatic carbocycles. The third-order valence-corrected chi connectivity index (χ3v) is 7.39. The van der Waals surface area contributed by atoms with Crippen molar-refractivity contribution in [2.75, 3.05) is 51.3 Å². The van der Waals surface area contributed by atoms with Crippen LogP contribution < -0.4 is 9.64 Å². The van der Waals surface area contributed by atoms with Crippen LogP contribution in [0.15, 0.2) is 28.8 Å². The number of carbonyl (C=O) groups excluding carboxylic acids is 1. The topological polar surface area (TPSA) is 114 Å². The third-order valence-electron chi connectivity index (χ3n) is 7.39. The zero-order valence-corrected chi connectivity index (χ0v) is 24.4. The monoisotopic (exact) mass is 551 g/mol. The molecule has 1 N–H and O–H groups in total. The first-order valence-electron chi connectivity index (χ1n) is 14.1. The summed E-state index contributed by atoms with van der Waals surface area (Å²) in [5, 5.41) is 14.9. The molecule has 216 valence electrons. The van der Waals surface area contributed by atoms with Gasteiger partial charge in [-0.15, -0.1) is 0 Å². The van der Waals surface area contributed by atoms with Crippen molar-refractivity contribution in [3.8, 4) is 28.6 Å². The van der Waals surface area contributed by atoms with E-state index in [0.29, 0.717) is 24.8 Å². The number of carbonyl (C=O) groups is 1. The Kier molecular flexibility index (Phi) is 9.76. The number of hydrogen-bond donors (Lipinski definition) is 1. The zero-order chi connectivity index (χ0) is 28.8. The lowest BCUT2D eigenvalue weighted by Crippen LogP contribution is -2.35. The molecular formula is C30H41N5O5. The number of methoxy groups -OCH3 is 1. The summed E-state index contributed by atoms with van der Waals surface area (Å²) in [4.78, 5) is 25.4. The number of benzene rings is 1. The van der Waals surface area contributed by atoms with Gasteiger partial charge in [-0.3, -0.25) is 9.69 Å². The summed E-state index contributed by atoms with van der Waals surface area (Å²) in [7, 11) is 1.41. The van der Waals surface area contributed by atoms with Gasteiger partial charge in [-0.2, -0.15) is 4.98 Å². The van der Waals surface area contributed by atoms with E-state index in [1.54, 1.807) is 0 Å². The first-order valence-corrected chi connectivity index (χ1v) is 14.1. The number of β-amino-alcohol motifs (C(OH)–C–C–N with tert-alkyl or cyclic N) is 1. The van der Waals surface area contributed by atoms with Gasteiger partial charge < -0.3 is 24.0 Å². The van der Waals surface area contributed by atoms with E-state index in [9.17, 15) is 9.90 Å². The van der Waals surface area contributed by atoms with Crippen molar-refractivity contribution in [1.82, 2.24) is 20.0 Å². The molecule has 1 aliphatic rings. The van der Waals surface area contributed by atoms with E-state index in [-0.39, 0.29) is 18.5 Å². The van der Waals surface area contributed by atoms with Crippen LogP contribution in [0.3, 0.4) is 0 Å². The van der Waals surface area contributed by atoms with Crippen molar-refractivity contribution in [3.63, 3.8) is 0 Å². The molecule has 0 amide bonds. The van der Waals surface area contributed by atoms with Crippen molar-refractivity contribution in [3.05, 3.63) is 41.1 Å². The number of likely N-dealkylation sites (tertiary alicyclic amines) is 1. The Morgan fingerprint density at radius 2 is 1.93 bits per heavy atom. The number of aliphatic hydroxyl groups excluding tert-OH is 1. The number of anilines is 1. The van der Waals surface area contributed by atoms with Crippen molar-refractivity contribution in [2.45, 2.75) is 53.6 Å². The van der Waals surface area contributed by atoms with Gasteiger partial charge in [-0.1, -0.05) is 12.1 Å². The van der Waals surface area contributed by atoms with E-state index in [0.717, 1.165) is 72.0 Å². The molecule has 3 heterocycles. The molecule has 0 bridgehead atoms. The second-order valence-electron chi connectivity index (χ2n) is 10.3. The van der Waals surface area contributed by atoms with Crippen LogP contribution in [0.25, 0.3) is 22.8 Å². The van der Waals surface area contributed by atoms with E-state index in [1.165, 1.54) is 7.11 Å². The predicted molar refractivity (Wildman–Crippen MR) is 153 cm³/mol. The van der Waals surface area contributed by atoms with Crippen LogP contribution >= 0.6 is 0 Å². The van der Waals surface area contributed by atoms with E-state index in [4.69, 9.17) is 19.0 Å². The van der Waals surface area contributed by atoms with Crippen molar-refractivity contribution in [1.29, 1.82) is 0 Å². The van der Waals surface area contributed by atoms with E-state index in [2.05, 4.69) is 40.7 Å². The lowest BCUT2D eigenvalue weighted by molar-refractivity contribution is -0.145. The normalized spacial score (nSPS) is 16.2. The van der Waals surface area contributed by atoms with Crippen molar-refractivity contribution < 1.29 is 23.9 Å². The van der Waals surface area contributed by atoms with E-state index in [1.807, 2.05) is 38.1 Å². The number of aryl methyl sites for hydroxylation is 3. The Bertz CT molecular complexity index is 1310. The molecular weight excluding hydrogens is 510 g/mol. The quantitative estimate of drug-likeness (QED) is 0.331. The molecule has 10 heteroatoms. The molecule has 4 rings (SSSR count). The molecule has 1 saturated heterocycles. The summed E-state index contributed by atoms with van der Waals surface area (Å²) in [6.45, 7) is 13.9. The van der Waals surface area contributed by atoms with E-state index < -0.39 is 6.10 Å². The van der Waals surface area contributed by atoms with Gasteiger partial charge in [0.15, 0.2) is 0 Å². The van der Waals surface area contributed by atoms with Crippen LogP contribution in [0, 0.1) is 19.8 Å². The van der Waals surface area contributed by atoms with Crippen LogP contribution in [-0.4, -0.2) is 83.6 Å².